The minimum atomic E-state index is 0.186. The molecular weight excluding hydrogens is 184 g/mol. The number of piperidine rings is 1. The fourth-order valence-electron chi connectivity index (χ4n) is 1.92. The number of hydrogen-bond donors (Lipinski definition) is 1. The van der Waals surface area contributed by atoms with E-state index in [1.54, 1.807) is 6.92 Å². The van der Waals surface area contributed by atoms with Crippen LogP contribution in [0, 0.1) is 0 Å². The molecule has 2 atom stereocenters. The van der Waals surface area contributed by atoms with E-state index in [1.165, 1.54) is 11.9 Å². The zero-order valence-corrected chi connectivity index (χ0v) is 9.14. The van der Waals surface area contributed by atoms with E-state index >= 15 is 0 Å². The Balaban J connectivity index is 2.57. The lowest BCUT2D eigenvalue weighted by Crippen LogP contribution is -2.47. The second kappa shape index (κ2) is 4.86. The number of hydrogen-bond acceptors (Lipinski definition) is 3. The SMILES string of the molecule is CCC1CCC(SN)CN1C(C)=O. The van der Waals surface area contributed by atoms with Crippen molar-refractivity contribution in [3.05, 3.63) is 0 Å². The van der Waals surface area contributed by atoms with Gasteiger partial charge in [-0.3, -0.25) is 9.93 Å². The van der Waals surface area contributed by atoms with Gasteiger partial charge in [0.2, 0.25) is 5.91 Å². The molecule has 13 heavy (non-hydrogen) atoms. The largest absolute Gasteiger partial charge is 0.339 e. The van der Waals surface area contributed by atoms with Crippen molar-refractivity contribution in [2.45, 2.75) is 44.4 Å². The van der Waals surface area contributed by atoms with E-state index < -0.39 is 0 Å². The number of nitrogens with zero attached hydrogens (tertiary/aromatic N) is 1. The quantitative estimate of drug-likeness (QED) is 0.688. The molecule has 1 rings (SSSR count). The summed E-state index contributed by atoms with van der Waals surface area (Å²) in [6, 6.07) is 0.445. The van der Waals surface area contributed by atoms with Gasteiger partial charge in [-0.05, 0) is 19.3 Å². The van der Waals surface area contributed by atoms with Crippen molar-refractivity contribution in [3.8, 4) is 0 Å². The van der Waals surface area contributed by atoms with Crippen molar-refractivity contribution >= 4 is 17.9 Å². The smallest absolute Gasteiger partial charge is 0.219 e. The van der Waals surface area contributed by atoms with Gasteiger partial charge < -0.3 is 4.90 Å². The van der Waals surface area contributed by atoms with E-state index in [0.717, 1.165) is 25.8 Å². The molecule has 0 aromatic carbocycles. The maximum atomic E-state index is 11.3. The molecule has 1 heterocycles. The van der Waals surface area contributed by atoms with Gasteiger partial charge in [-0.25, -0.2) is 0 Å². The van der Waals surface area contributed by atoms with Crippen molar-refractivity contribution in [2.24, 2.45) is 5.14 Å². The zero-order valence-electron chi connectivity index (χ0n) is 8.32. The van der Waals surface area contributed by atoms with Crippen LogP contribution < -0.4 is 5.14 Å². The van der Waals surface area contributed by atoms with Crippen LogP contribution in [-0.4, -0.2) is 28.6 Å². The molecule has 1 saturated heterocycles. The molecule has 76 valence electrons. The molecule has 1 aliphatic rings. The highest BCUT2D eigenvalue weighted by Crippen LogP contribution is 2.24. The normalized spacial score (nSPS) is 29.0. The molecule has 4 heteroatoms. The van der Waals surface area contributed by atoms with Gasteiger partial charge >= 0.3 is 0 Å². The van der Waals surface area contributed by atoms with Gasteiger partial charge in [0.25, 0.3) is 0 Å². The summed E-state index contributed by atoms with van der Waals surface area (Å²) >= 11 is 1.39. The average molecular weight is 202 g/mol. The molecule has 1 aliphatic heterocycles. The standard InChI is InChI=1S/C9H18N2OS/c1-3-8-4-5-9(13-10)6-11(8)7(2)12/h8-9H,3-6,10H2,1-2H3. The van der Waals surface area contributed by atoms with Crippen LogP contribution in [0.15, 0.2) is 0 Å². The molecule has 1 amide bonds. The van der Waals surface area contributed by atoms with E-state index in [1.807, 2.05) is 4.90 Å². The Labute approximate surface area is 84.2 Å². The number of likely N-dealkylation sites (tertiary alicyclic amines) is 1. The Bertz CT molecular complexity index is 186. The number of carbonyl (C=O) groups excluding carboxylic acids is 1. The van der Waals surface area contributed by atoms with Crippen LogP contribution in [0.4, 0.5) is 0 Å². The monoisotopic (exact) mass is 202 g/mol. The predicted molar refractivity (Wildman–Crippen MR) is 56.3 cm³/mol. The van der Waals surface area contributed by atoms with Crippen molar-refractivity contribution in [2.75, 3.05) is 6.54 Å². The number of carbonyl (C=O) groups is 1. The first-order chi connectivity index (χ1) is 6.19. The van der Waals surface area contributed by atoms with E-state index in [4.69, 9.17) is 5.14 Å². The highest BCUT2D eigenvalue weighted by atomic mass is 32.2. The molecule has 0 radical (unpaired) electrons. The number of rotatable bonds is 2. The first-order valence-corrected chi connectivity index (χ1v) is 5.76. The first-order valence-electron chi connectivity index (χ1n) is 4.81. The second-order valence-corrected chi connectivity index (χ2v) is 4.51. The van der Waals surface area contributed by atoms with Crippen molar-refractivity contribution in [1.29, 1.82) is 0 Å². The predicted octanol–water partition coefficient (Wildman–Crippen LogP) is 1.38. The lowest BCUT2D eigenvalue weighted by atomic mass is 10.00. The van der Waals surface area contributed by atoms with Crippen LogP contribution >= 0.6 is 11.9 Å². The third kappa shape index (κ3) is 2.61. The Hall–Kier alpha value is -0.220. The molecule has 1 fully saturated rings. The van der Waals surface area contributed by atoms with Gasteiger partial charge in [-0.15, -0.1) is 0 Å². The summed E-state index contributed by atoms with van der Waals surface area (Å²) < 4.78 is 0. The zero-order chi connectivity index (χ0) is 9.84. The van der Waals surface area contributed by atoms with Gasteiger partial charge in [0.15, 0.2) is 0 Å². The lowest BCUT2D eigenvalue weighted by molar-refractivity contribution is -0.132. The molecule has 3 nitrogen and oxygen atoms in total. The van der Waals surface area contributed by atoms with Gasteiger partial charge in [0.1, 0.15) is 0 Å². The molecule has 0 spiro atoms. The van der Waals surface area contributed by atoms with Crippen LogP contribution in [0.3, 0.4) is 0 Å². The Morgan fingerprint density at radius 1 is 1.62 bits per heavy atom. The average Bonchev–Trinajstić information content (AvgIpc) is 2.16. The van der Waals surface area contributed by atoms with E-state index in [2.05, 4.69) is 6.92 Å². The summed E-state index contributed by atoms with van der Waals surface area (Å²) in [7, 11) is 0. The second-order valence-electron chi connectivity index (χ2n) is 3.57. The van der Waals surface area contributed by atoms with Crippen LogP contribution in [0.1, 0.15) is 33.1 Å². The summed E-state index contributed by atoms with van der Waals surface area (Å²) in [5.41, 5.74) is 0. The van der Waals surface area contributed by atoms with Crippen LogP contribution in [0.5, 0.6) is 0 Å². The van der Waals surface area contributed by atoms with Gasteiger partial charge in [-0.2, -0.15) is 0 Å². The molecule has 0 aliphatic carbocycles. The van der Waals surface area contributed by atoms with E-state index in [0.29, 0.717) is 11.3 Å². The Morgan fingerprint density at radius 2 is 2.31 bits per heavy atom. The molecular formula is C9H18N2OS. The molecule has 0 aromatic heterocycles. The van der Waals surface area contributed by atoms with Crippen molar-refractivity contribution < 1.29 is 4.79 Å². The first kappa shape index (κ1) is 10.9. The minimum absolute atomic E-state index is 0.186. The topological polar surface area (TPSA) is 46.3 Å². The molecule has 0 bridgehead atoms. The Kier molecular flexibility index (Phi) is 4.06. The van der Waals surface area contributed by atoms with Crippen LogP contribution in [0.2, 0.25) is 0 Å². The molecule has 0 aromatic rings. The maximum Gasteiger partial charge on any atom is 0.219 e. The summed E-state index contributed by atoms with van der Waals surface area (Å²) in [6.45, 7) is 4.61. The molecule has 2 unspecified atom stereocenters. The summed E-state index contributed by atoms with van der Waals surface area (Å²) in [5, 5.41) is 5.97. The van der Waals surface area contributed by atoms with Gasteiger partial charge in [0.05, 0.1) is 0 Å². The third-order valence-electron chi connectivity index (χ3n) is 2.73. The van der Waals surface area contributed by atoms with Crippen LogP contribution in [0.25, 0.3) is 0 Å². The number of nitrogens with two attached hydrogens (primary N) is 1. The van der Waals surface area contributed by atoms with E-state index in [9.17, 15) is 4.79 Å². The lowest BCUT2D eigenvalue weighted by Gasteiger charge is -2.38. The number of amides is 1. The summed E-state index contributed by atoms with van der Waals surface area (Å²) in [4.78, 5) is 13.3. The highest BCUT2D eigenvalue weighted by Gasteiger charge is 2.28. The van der Waals surface area contributed by atoms with E-state index in [-0.39, 0.29) is 5.91 Å². The fourth-order valence-corrected chi connectivity index (χ4v) is 2.43. The Morgan fingerprint density at radius 3 is 2.77 bits per heavy atom. The van der Waals surface area contributed by atoms with Crippen molar-refractivity contribution in [3.63, 3.8) is 0 Å². The summed E-state index contributed by atoms with van der Waals surface area (Å²) in [6.07, 6.45) is 3.30. The third-order valence-corrected chi connectivity index (χ3v) is 3.50. The van der Waals surface area contributed by atoms with Crippen molar-refractivity contribution in [1.82, 2.24) is 4.90 Å². The highest BCUT2D eigenvalue weighted by molar-refractivity contribution is 7.97. The van der Waals surface area contributed by atoms with Gasteiger partial charge in [-0.1, -0.05) is 18.9 Å². The van der Waals surface area contributed by atoms with Crippen LogP contribution in [-0.2, 0) is 4.79 Å². The molecule has 2 N–H and O–H groups in total. The fraction of sp³-hybridized carbons (Fsp3) is 0.889. The maximum absolute atomic E-state index is 11.3. The summed E-state index contributed by atoms with van der Waals surface area (Å²) in [5.74, 6) is 0.186. The minimum Gasteiger partial charge on any atom is -0.339 e. The van der Waals surface area contributed by atoms with Gasteiger partial charge in [0, 0.05) is 24.8 Å². The molecule has 0 saturated carbocycles.